The second-order valence-electron chi connectivity index (χ2n) is 22.2. The van der Waals surface area contributed by atoms with Crippen LogP contribution in [0, 0.1) is 13.8 Å². The van der Waals surface area contributed by atoms with E-state index in [2.05, 4.69) is 65.8 Å². The zero-order chi connectivity index (χ0) is 47.6. The molecule has 0 N–H and O–H groups in total. The van der Waals surface area contributed by atoms with E-state index >= 15 is 0 Å². The van der Waals surface area contributed by atoms with Crippen LogP contribution in [0.4, 0.5) is 0 Å². The molecule has 0 aliphatic heterocycles. The third-order valence-corrected chi connectivity index (χ3v) is 19.3. The number of unbranched alkanes of at least 4 members (excludes halogenated alkanes) is 28. The van der Waals surface area contributed by atoms with Gasteiger partial charge in [0.15, 0.2) is 0 Å². The predicted octanol–water partition coefficient (Wildman–Crippen LogP) is 19.0. The van der Waals surface area contributed by atoms with E-state index < -0.39 is 0 Å². The van der Waals surface area contributed by atoms with Crippen LogP contribution < -0.4 is 0 Å². The van der Waals surface area contributed by atoms with Crippen molar-refractivity contribution in [1.82, 2.24) is 15.9 Å². The van der Waals surface area contributed by atoms with E-state index in [0.29, 0.717) is 0 Å². The number of fused-ring (bicyclic) bond motifs is 10. The van der Waals surface area contributed by atoms with Crippen molar-refractivity contribution in [2.24, 2.45) is 0 Å². The molecule has 0 bridgehead atoms. The van der Waals surface area contributed by atoms with Gasteiger partial charge < -0.3 is 0 Å². The Bertz CT molecular complexity index is 2080. The normalized spacial score (nSPS) is 14.3. The van der Waals surface area contributed by atoms with Gasteiger partial charge in [-0.15, -0.1) is 0 Å². The van der Waals surface area contributed by atoms with E-state index in [1.54, 1.807) is 22.3 Å². The van der Waals surface area contributed by atoms with Crippen molar-refractivity contribution in [2.45, 2.75) is 284 Å². The van der Waals surface area contributed by atoms with Gasteiger partial charge in [0.1, 0.15) is 0 Å². The molecular formula is C62H94N4Se2. The van der Waals surface area contributed by atoms with Gasteiger partial charge >= 0.3 is 352 Å². The third-order valence-electron chi connectivity index (χ3n) is 17.0. The van der Waals surface area contributed by atoms with Gasteiger partial charge in [0, 0.05) is 0 Å². The molecule has 2 heterocycles. The van der Waals surface area contributed by atoms with Gasteiger partial charge in [0.05, 0.1) is 0 Å². The second kappa shape index (κ2) is 27.6. The monoisotopic (exact) mass is 1050 g/mol. The average molecular weight is 1050 g/mol. The summed E-state index contributed by atoms with van der Waals surface area (Å²) in [4.78, 5) is 0. The molecule has 0 atom stereocenters. The molecule has 0 saturated carbocycles. The number of benzene rings is 3. The minimum atomic E-state index is -0.0716. The molecule has 6 heteroatoms. The van der Waals surface area contributed by atoms with Crippen LogP contribution in [-0.2, 0) is 10.8 Å². The molecule has 5 aromatic rings. The van der Waals surface area contributed by atoms with Gasteiger partial charge in [-0.25, -0.2) is 0 Å². The van der Waals surface area contributed by atoms with Crippen LogP contribution in [-0.4, -0.2) is 45.8 Å². The quantitative estimate of drug-likeness (QED) is 0.0296. The van der Waals surface area contributed by atoms with Gasteiger partial charge in [0.25, 0.3) is 0 Å². The standard InChI is InChI=1S/C62H94N4Se2/c1-7-11-15-19-23-27-31-35-39-61(40-36-32-28-24-20-16-12-8-2)51-45-50-52(46-49(51)55-53(61)43-47(5)57-59(55)65-67-63-57)62(41-37-33-29-25-21-17-13-9-3,42-38-34-30-26-22-18-14-10-4)54-44-48(6)58-60(56(50)54)66-68-64-58/h43-46H,7-42H2,1-6H3. The van der Waals surface area contributed by atoms with Gasteiger partial charge in [-0.1, -0.05) is 79.1 Å². The van der Waals surface area contributed by atoms with Crippen molar-refractivity contribution in [3.05, 3.63) is 57.6 Å². The summed E-state index contributed by atoms with van der Waals surface area (Å²) in [5.74, 6) is 0. The second-order valence-corrected chi connectivity index (χ2v) is 24.4. The molecule has 374 valence electrons. The molecule has 2 aliphatic rings. The molecular weight excluding hydrogens is 959 g/mol. The zero-order valence-electron chi connectivity index (χ0n) is 44.4. The Morgan fingerprint density at radius 1 is 0.309 bits per heavy atom. The molecule has 2 aromatic heterocycles. The number of aryl methyl sites for hydroxylation is 2. The molecule has 0 radical (unpaired) electrons. The Morgan fingerprint density at radius 3 is 0.838 bits per heavy atom. The Hall–Kier alpha value is -2.10. The first-order valence-electron chi connectivity index (χ1n) is 29.2. The molecule has 2 aliphatic carbocycles. The van der Waals surface area contributed by atoms with E-state index in [1.807, 2.05) is 0 Å². The molecule has 0 unspecified atom stereocenters. The van der Waals surface area contributed by atoms with Crippen LogP contribution in [0.2, 0.25) is 0 Å². The molecule has 68 heavy (non-hydrogen) atoms. The summed E-state index contributed by atoms with van der Waals surface area (Å²) in [6.45, 7) is 14.0. The summed E-state index contributed by atoms with van der Waals surface area (Å²) in [5.41, 5.74) is 20.0. The van der Waals surface area contributed by atoms with Crippen molar-refractivity contribution < 1.29 is 0 Å². The van der Waals surface area contributed by atoms with E-state index in [9.17, 15) is 0 Å². The summed E-state index contributed by atoms with van der Waals surface area (Å²) in [6.07, 6.45) is 48.5. The maximum atomic E-state index is 5.38. The molecule has 0 saturated heterocycles. The van der Waals surface area contributed by atoms with Crippen LogP contribution in [0.5, 0.6) is 0 Å². The number of aromatic nitrogens is 4. The van der Waals surface area contributed by atoms with Crippen LogP contribution in [0.3, 0.4) is 0 Å². The first-order chi connectivity index (χ1) is 33.5. The third kappa shape index (κ3) is 12.6. The van der Waals surface area contributed by atoms with E-state index in [1.165, 1.54) is 287 Å². The molecule has 0 amide bonds. The fourth-order valence-corrected chi connectivity index (χ4v) is 15.7. The van der Waals surface area contributed by atoms with Crippen molar-refractivity contribution in [3.63, 3.8) is 0 Å². The number of hydrogen-bond donors (Lipinski definition) is 0. The Balaban J connectivity index is 1.33. The van der Waals surface area contributed by atoms with Crippen LogP contribution in [0.1, 0.15) is 292 Å². The Morgan fingerprint density at radius 2 is 0.559 bits per heavy atom. The molecule has 3 aromatic carbocycles. The average Bonchev–Trinajstić information content (AvgIpc) is 4.14. The number of nitrogens with zero attached hydrogens (tertiary/aromatic N) is 4. The summed E-state index contributed by atoms with van der Waals surface area (Å²) >= 11 is -0.143. The Labute approximate surface area is 428 Å². The van der Waals surface area contributed by atoms with Crippen LogP contribution in [0.25, 0.3) is 44.3 Å². The first kappa shape index (κ1) is 53.7. The molecule has 4 nitrogen and oxygen atoms in total. The zero-order valence-corrected chi connectivity index (χ0v) is 47.8. The summed E-state index contributed by atoms with van der Waals surface area (Å²) in [5, 5.41) is 0. The van der Waals surface area contributed by atoms with Gasteiger partial charge in [0.2, 0.25) is 0 Å². The van der Waals surface area contributed by atoms with E-state index in [-0.39, 0.29) is 40.8 Å². The fourth-order valence-electron chi connectivity index (χ4n) is 13.2. The number of rotatable bonds is 36. The fraction of sp³-hybridized carbons (Fsp3) is 0.710. The van der Waals surface area contributed by atoms with Crippen molar-refractivity contribution in [1.29, 1.82) is 0 Å². The van der Waals surface area contributed by atoms with Crippen molar-refractivity contribution in [3.8, 4) is 22.3 Å². The number of hydrogen-bond acceptors (Lipinski definition) is 4. The van der Waals surface area contributed by atoms with Gasteiger partial charge in [-0.2, -0.15) is 0 Å². The summed E-state index contributed by atoms with van der Waals surface area (Å²) in [7, 11) is 0. The summed E-state index contributed by atoms with van der Waals surface area (Å²) < 4.78 is 21.1. The maximum absolute atomic E-state index is 5.38. The van der Waals surface area contributed by atoms with E-state index in [0.717, 1.165) is 0 Å². The van der Waals surface area contributed by atoms with Gasteiger partial charge in [-0.3, -0.25) is 0 Å². The first-order valence-corrected chi connectivity index (χ1v) is 32.2. The molecule has 0 fully saturated rings. The van der Waals surface area contributed by atoms with Crippen molar-refractivity contribution >= 4 is 52.0 Å². The predicted molar refractivity (Wildman–Crippen MR) is 297 cm³/mol. The van der Waals surface area contributed by atoms with Gasteiger partial charge in [-0.05, 0) is 0 Å². The Kier molecular flexibility index (Phi) is 21.8. The van der Waals surface area contributed by atoms with Crippen LogP contribution >= 0.6 is 0 Å². The molecule has 0 spiro atoms. The SMILES string of the molecule is CCCCCCCCCCC1(CCCCCCCCCC)c2cc3c(cc2-c2c1cc(C)c1n[se]nc21)C(CCCCCCCCCC)(CCCCCCCCCC)c1cc(C)c2n[se]nc2c1-3. The summed E-state index contributed by atoms with van der Waals surface area (Å²) in [6, 6.07) is 10.9. The van der Waals surface area contributed by atoms with Crippen molar-refractivity contribution in [2.75, 3.05) is 0 Å². The topological polar surface area (TPSA) is 51.6 Å². The van der Waals surface area contributed by atoms with Crippen LogP contribution in [0.15, 0.2) is 24.3 Å². The minimum absolute atomic E-state index is 0.00465. The molecule has 7 rings (SSSR count). The van der Waals surface area contributed by atoms with E-state index in [4.69, 9.17) is 15.9 Å².